The summed E-state index contributed by atoms with van der Waals surface area (Å²) >= 11 is 0. The largest absolute Gasteiger partial charge is 0.464 e. The highest BCUT2D eigenvalue weighted by Crippen LogP contribution is 2.16. The number of anilines is 1. The fourth-order valence-corrected chi connectivity index (χ4v) is 2.90. The molecule has 3 aromatic rings. The first kappa shape index (κ1) is 20.9. The van der Waals surface area contributed by atoms with Gasteiger partial charge >= 0.3 is 5.97 Å². The van der Waals surface area contributed by atoms with Gasteiger partial charge in [-0.3, -0.25) is 4.79 Å². The van der Waals surface area contributed by atoms with E-state index in [0.29, 0.717) is 11.1 Å². The highest BCUT2D eigenvalue weighted by molar-refractivity contribution is 6.00. The van der Waals surface area contributed by atoms with E-state index in [1.807, 2.05) is 30.3 Å². The molecule has 6 heteroatoms. The number of fused-ring (bicyclic) bond motifs is 1. The number of esters is 1. The molecule has 0 aliphatic heterocycles. The van der Waals surface area contributed by atoms with Crippen molar-refractivity contribution in [2.24, 2.45) is 0 Å². The first-order valence-corrected chi connectivity index (χ1v) is 9.48. The van der Waals surface area contributed by atoms with Gasteiger partial charge in [-0.1, -0.05) is 42.2 Å². The topological polar surface area (TPSA) is 81.4 Å². The van der Waals surface area contributed by atoms with Gasteiger partial charge in [0.15, 0.2) is 0 Å². The molecule has 3 aromatic carbocycles. The Morgan fingerprint density at radius 1 is 1.10 bits per heavy atom. The molecule has 0 spiro atoms. The molecule has 0 radical (unpaired) electrons. The number of nitrogens with one attached hydrogen (secondary N) is 1. The summed E-state index contributed by atoms with van der Waals surface area (Å²) in [6, 6.07) is 15.9. The average Bonchev–Trinajstić information content (AvgIpc) is 2.74. The third-order valence-electron chi connectivity index (χ3n) is 4.43. The van der Waals surface area contributed by atoms with Crippen LogP contribution >= 0.6 is 0 Å². The Bertz CT molecular complexity index is 1150. The number of ether oxygens (including phenoxy) is 1. The van der Waals surface area contributed by atoms with Gasteiger partial charge in [0.25, 0.3) is 5.91 Å². The Kier molecular flexibility index (Phi) is 6.66. The molecule has 1 atom stereocenters. The van der Waals surface area contributed by atoms with E-state index in [2.05, 4.69) is 17.2 Å². The number of halogens is 1. The molecule has 0 saturated heterocycles. The molecule has 1 amide bonds. The van der Waals surface area contributed by atoms with Crippen LogP contribution in [-0.4, -0.2) is 24.5 Å². The molecule has 0 aliphatic carbocycles. The fraction of sp³-hybridized carbons (Fsp3) is 0.167. The van der Waals surface area contributed by atoms with Gasteiger partial charge in [0.2, 0.25) is 0 Å². The van der Waals surface area contributed by atoms with Crippen molar-refractivity contribution in [2.75, 3.05) is 12.3 Å². The predicted molar refractivity (Wildman–Crippen MR) is 114 cm³/mol. The molecule has 0 bridgehead atoms. The number of nitrogens with two attached hydrogens (primary N) is 1. The van der Waals surface area contributed by atoms with E-state index in [1.165, 1.54) is 18.2 Å². The van der Waals surface area contributed by atoms with Crippen LogP contribution in [0.1, 0.15) is 29.3 Å². The number of carbonyl (C=O) groups excluding carboxylic acids is 2. The Balaban J connectivity index is 1.77. The predicted octanol–water partition coefficient (Wildman–Crippen LogP) is 3.66. The molecule has 0 saturated carbocycles. The minimum atomic E-state index is -0.946. The third kappa shape index (κ3) is 5.15. The van der Waals surface area contributed by atoms with Crippen molar-refractivity contribution in [1.82, 2.24) is 5.32 Å². The van der Waals surface area contributed by atoms with Crippen LogP contribution in [-0.2, 0) is 9.53 Å². The van der Waals surface area contributed by atoms with Crippen LogP contribution < -0.4 is 11.1 Å². The number of benzene rings is 3. The second-order valence-electron chi connectivity index (χ2n) is 6.58. The smallest absolute Gasteiger partial charge is 0.329 e. The van der Waals surface area contributed by atoms with Crippen molar-refractivity contribution in [3.8, 4) is 11.8 Å². The Morgan fingerprint density at radius 2 is 1.87 bits per heavy atom. The van der Waals surface area contributed by atoms with Crippen molar-refractivity contribution in [2.45, 2.75) is 19.4 Å². The fourth-order valence-electron chi connectivity index (χ4n) is 2.90. The second kappa shape index (κ2) is 9.57. The summed E-state index contributed by atoms with van der Waals surface area (Å²) in [6.45, 7) is 1.87. The molecule has 5 nitrogen and oxygen atoms in total. The van der Waals surface area contributed by atoms with Gasteiger partial charge in [-0.2, -0.15) is 0 Å². The maximum atomic E-state index is 13.2. The van der Waals surface area contributed by atoms with Crippen LogP contribution in [0.5, 0.6) is 0 Å². The van der Waals surface area contributed by atoms with Crippen molar-refractivity contribution in [1.29, 1.82) is 0 Å². The number of hydrogen-bond donors (Lipinski definition) is 2. The van der Waals surface area contributed by atoms with Crippen LogP contribution in [0.4, 0.5) is 10.1 Å². The lowest BCUT2D eigenvalue weighted by atomic mass is 10.1. The zero-order valence-electron chi connectivity index (χ0n) is 16.4. The summed E-state index contributed by atoms with van der Waals surface area (Å²) < 4.78 is 18.2. The van der Waals surface area contributed by atoms with Gasteiger partial charge in [-0.05, 0) is 48.0 Å². The maximum absolute atomic E-state index is 13.2. The molecule has 152 valence electrons. The van der Waals surface area contributed by atoms with Crippen LogP contribution in [0, 0.1) is 17.7 Å². The highest BCUT2D eigenvalue weighted by atomic mass is 19.1. The molecular formula is C24H21FN2O3. The lowest BCUT2D eigenvalue weighted by Crippen LogP contribution is -2.41. The van der Waals surface area contributed by atoms with E-state index >= 15 is 0 Å². The van der Waals surface area contributed by atoms with Gasteiger partial charge < -0.3 is 15.8 Å². The quantitative estimate of drug-likeness (QED) is 0.386. The van der Waals surface area contributed by atoms with E-state index in [4.69, 9.17) is 10.5 Å². The number of rotatable bonds is 5. The minimum Gasteiger partial charge on any atom is -0.464 e. The third-order valence-corrected chi connectivity index (χ3v) is 4.43. The molecule has 0 aliphatic rings. The molecule has 0 heterocycles. The summed E-state index contributed by atoms with van der Waals surface area (Å²) in [5.41, 5.74) is 6.82. The van der Waals surface area contributed by atoms with Crippen molar-refractivity contribution in [3.63, 3.8) is 0 Å². The highest BCUT2D eigenvalue weighted by Gasteiger charge is 2.22. The average molecular weight is 404 g/mol. The second-order valence-corrected chi connectivity index (χ2v) is 6.58. The van der Waals surface area contributed by atoms with E-state index in [9.17, 15) is 14.0 Å². The standard InChI is InChI=1S/C24H21FN2O3/c1-2-30-24(29)22(9-5-8-17-12-13-20(25)15-21(17)26)27-23(28)19-11-10-16-6-3-4-7-18(16)14-19/h3-4,6-7,10-15,22H,2,9,26H2,1H3,(H,27,28). The van der Waals surface area contributed by atoms with Crippen molar-refractivity contribution in [3.05, 3.63) is 77.6 Å². The number of nitrogen functional groups attached to an aromatic ring is 1. The monoisotopic (exact) mass is 404 g/mol. The van der Waals surface area contributed by atoms with Crippen LogP contribution in [0.15, 0.2) is 60.7 Å². The van der Waals surface area contributed by atoms with E-state index in [1.54, 1.807) is 19.1 Å². The molecule has 0 aromatic heterocycles. The zero-order chi connectivity index (χ0) is 21.5. The molecule has 1 unspecified atom stereocenters. The molecular weight excluding hydrogens is 383 g/mol. The summed E-state index contributed by atoms with van der Waals surface area (Å²) in [4.78, 5) is 25.0. The zero-order valence-corrected chi connectivity index (χ0v) is 16.4. The van der Waals surface area contributed by atoms with E-state index in [0.717, 1.165) is 10.8 Å². The molecule has 3 rings (SSSR count). The minimum absolute atomic E-state index is 0.0228. The number of carbonyl (C=O) groups is 2. The normalized spacial score (nSPS) is 11.3. The number of amides is 1. The van der Waals surface area contributed by atoms with Crippen LogP contribution in [0.2, 0.25) is 0 Å². The van der Waals surface area contributed by atoms with Gasteiger partial charge in [0, 0.05) is 17.5 Å². The summed E-state index contributed by atoms with van der Waals surface area (Å²) in [5.74, 6) is 4.19. The van der Waals surface area contributed by atoms with Gasteiger partial charge in [-0.25, -0.2) is 9.18 Å². The Hall–Kier alpha value is -3.85. The maximum Gasteiger partial charge on any atom is 0.329 e. The Morgan fingerprint density at radius 3 is 2.60 bits per heavy atom. The van der Waals surface area contributed by atoms with E-state index < -0.39 is 23.7 Å². The van der Waals surface area contributed by atoms with Crippen LogP contribution in [0.25, 0.3) is 10.8 Å². The molecule has 0 fully saturated rings. The summed E-state index contributed by atoms with van der Waals surface area (Å²) in [7, 11) is 0. The number of hydrogen-bond acceptors (Lipinski definition) is 4. The van der Waals surface area contributed by atoms with Crippen molar-refractivity contribution < 1.29 is 18.7 Å². The van der Waals surface area contributed by atoms with Gasteiger partial charge in [-0.15, -0.1) is 0 Å². The summed E-state index contributed by atoms with van der Waals surface area (Å²) in [5, 5.41) is 4.62. The lowest BCUT2D eigenvalue weighted by Gasteiger charge is -2.15. The van der Waals surface area contributed by atoms with Gasteiger partial charge in [0.1, 0.15) is 11.9 Å². The molecule has 3 N–H and O–H groups in total. The van der Waals surface area contributed by atoms with Crippen LogP contribution in [0.3, 0.4) is 0 Å². The SMILES string of the molecule is CCOC(=O)C(CC#Cc1ccc(F)cc1N)NC(=O)c1ccc2ccccc2c1. The first-order chi connectivity index (χ1) is 14.5. The summed E-state index contributed by atoms with van der Waals surface area (Å²) in [6.07, 6.45) is 0.0228. The van der Waals surface area contributed by atoms with Gasteiger partial charge in [0.05, 0.1) is 12.3 Å². The Labute approximate surface area is 174 Å². The van der Waals surface area contributed by atoms with E-state index in [-0.39, 0.29) is 18.7 Å². The first-order valence-electron chi connectivity index (χ1n) is 9.48. The molecule has 30 heavy (non-hydrogen) atoms. The van der Waals surface area contributed by atoms with Crippen molar-refractivity contribution >= 4 is 28.3 Å². The lowest BCUT2D eigenvalue weighted by molar-refractivity contribution is -0.145.